The maximum Gasteiger partial charge on any atom is 0.416 e. The van der Waals surface area contributed by atoms with Gasteiger partial charge in [0.15, 0.2) is 0 Å². The number of nitrogens with zero attached hydrogens (tertiary/aromatic N) is 1. The number of hydrogen-bond acceptors (Lipinski definition) is 3. The lowest BCUT2D eigenvalue weighted by atomic mass is 10.1. The molecule has 1 fully saturated rings. The van der Waals surface area contributed by atoms with Crippen LogP contribution in [0, 0.1) is 0 Å². The first-order valence-corrected chi connectivity index (χ1v) is 9.30. The quantitative estimate of drug-likeness (QED) is 0.763. The highest BCUT2D eigenvalue weighted by Gasteiger charge is 2.32. The van der Waals surface area contributed by atoms with E-state index in [2.05, 4.69) is 5.32 Å². The Bertz CT molecular complexity index is 829. The number of anilines is 2. The number of amides is 1. The van der Waals surface area contributed by atoms with Gasteiger partial charge < -0.3 is 15.0 Å². The number of rotatable bonds is 4. The average Bonchev–Trinajstić information content (AvgIpc) is 2.96. The van der Waals surface area contributed by atoms with Gasteiger partial charge in [0.05, 0.1) is 29.6 Å². The summed E-state index contributed by atoms with van der Waals surface area (Å²) < 4.78 is 44.9. The van der Waals surface area contributed by atoms with Gasteiger partial charge in [0.2, 0.25) is 0 Å². The third-order valence-corrected chi connectivity index (χ3v) is 4.87. The van der Waals surface area contributed by atoms with E-state index in [0.29, 0.717) is 11.4 Å². The monoisotopic (exact) mass is 392 g/mol. The Hall–Kier alpha value is -2.70. The minimum Gasteiger partial charge on any atom is -0.496 e. The molecular formula is C21H23F3N2O2. The number of benzene rings is 2. The van der Waals surface area contributed by atoms with Crippen LogP contribution in [0.1, 0.15) is 41.6 Å². The number of alkyl halides is 3. The van der Waals surface area contributed by atoms with Crippen LogP contribution >= 0.6 is 0 Å². The van der Waals surface area contributed by atoms with Crippen LogP contribution in [0.2, 0.25) is 0 Å². The van der Waals surface area contributed by atoms with Crippen LogP contribution in [-0.2, 0) is 6.18 Å². The first-order valence-electron chi connectivity index (χ1n) is 9.30. The van der Waals surface area contributed by atoms with E-state index >= 15 is 0 Å². The Morgan fingerprint density at radius 1 is 1.04 bits per heavy atom. The summed E-state index contributed by atoms with van der Waals surface area (Å²) in [7, 11) is 1.44. The van der Waals surface area contributed by atoms with E-state index in [0.717, 1.165) is 50.9 Å². The Morgan fingerprint density at radius 3 is 2.36 bits per heavy atom. The lowest BCUT2D eigenvalue weighted by molar-refractivity contribution is -0.137. The minimum atomic E-state index is -4.48. The van der Waals surface area contributed by atoms with E-state index in [1.807, 2.05) is 4.90 Å². The molecule has 2 aromatic carbocycles. The fraction of sp³-hybridized carbons (Fsp3) is 0.381. The van der Waals surface area contributed by atoms with Crippen LogP contribution in [0.4, 0.5) is 24.5 Å². The second kappa shape index (κ2) is 8.54. The van der Waals surface area contributed by atoms with Crippen molar-refractivity contribution in [3.63, 3.8) is 0 Å². The van der Waals surface area contributed by atoms with Crippen molar-refractivity contribution in [2.45, 2.75) is 31.9 Å². The van der Waals surface area contributed by atoms with Crippen LogP contribution < -0.4 is 15.0 Å². The molecule has 0 atom stereocenters. The lowest BCUT2D eigenvalue weighted by Gasteiger charge is -2.26. The number of carbonyl (C=O) groups is 1. The second-order valence-corrected chi connectivity index (χ2v) is 6.79. The van der Waals surface area contributed by atoms with Gasteiger partial charge in [-0.25, -0.2) is 0 Å². The van der Waals surface area contributed by atoms with E-state index in [-0.39, 0.29) is 11.3 Å². The molecule has 2 aromatic rings. The van der Waals surface area contributed by atoms with Crippen LogP contribution in [0.15, 0.2) is 42.5 Å². The first-order chi connectivity index (χ1) is 13.4. The van der Waals surface area contributed by atoms with Crippen LogP contribution in [0.5, 0.6) is 5.75 Å². The van der Waals surface area contributed by atoms with Gasteiger partial charge >= 0.3 is 6.18 Å². The van der Waals surface area contributed by atoms with Crippen LogP contribution in [0.25, 0.3) is 0 Å². The molecule has 0 saturated carbocycles. The molecule has 0 aliphatic carbocycles. The van der Waals surface area contributed by atoms with Gasteiger partial charge in [0.25, 0.3) is 5.91 Å². The largest absolute Gasteiger partial charge is 0.496 e. The zero-order chi connectivity index (χ0) is 20.1. The SMILES string of the molecule is COc1ccccc1C(=O)Nc1cc(C(F)(F)F)ccc1N1CCCCCC1. The van der Waals surface area contributed by atoms with E-state index in [9.17, 15) is 18.0 Å². The summed E-state index contributed by atoms with van der Waals surface area (Å²) in [5.41, 5.74) is 0.247. The molecule has 1 aliphatic rings. The molecule has 0 spiro atoms. The summed E-state index contributed by atoms with van der Waals surface area (Å²) >= 11 is 0. The van der Waals surface area contributed by atoms with Crippen molar-refractivity contribution in [3.8, 4) is 5.75 Å². The standard InChI is InChI=1S/C21H23F3N2O2/c1-28-19-9-5-4-8-16(19)20(27)25-17-14-15(21(22,23)24)10-11-18(17)26-12-6-2-3-7-13-26/h4-5,8-11,14H,2-3,6-7,12-13H2,1H3,(H,25,27). The zero-order valence-electron chi connectivity index (χ0n) is 15.7. The number of halogens is 3. The van der Waals surface area contributed by atoms with Crippen molar-refractivity contribution in [1.82, 2.24) is 0 Å². The molecule has 0 radical (unpaired) electrons. The fourth-order valence-corrected chi connectivity index (χ4v) is 3.42. The molecule has 3 rings (SSSR count). The molecule has 1 saturated heterocycles. The summed E-state index contributed by atoms with van der Waals surface area (Å²) in [5.74, 6) is -0.142. The summed E-state index contributed by atoms with van der Waals surface area (Å²) in [6, 6.07) is 10.1. The summed E-state index contributed by atoms with van der Waals surface area (Å²) in [5, 5.41) is 2.67. The molecule has 150 valence electrons. The average molecular weight is 392 g/mol. The Morgan fingerprint density at radius 2 is 1.71 bits per heavy atom. The van der Waals surface area contributed by atoms with Crippen molar-refractivity contribution < 1.29 is 22.7 Å². The number of nitrogens with one attached hydrogen (secondary N) is 1. The smallest absolute Gasteiger partial charge is 0.416 e. The van der Waals surface area contributed by atoms with Crippen molar-refractivity contribution >= 4 is 17.3 Å². The molecule has 1 amide bonds. The number of methoxy groups -OCH3 is 1. The van der Waals surface area contributed by atoms with Crippen molar-refractivity contribution in [3.05, 3.63) is 53.6 Å². The molecule has 1 N–H and O–H groups in total. The van der Waals surface area contributed by atoms with Gasteiger partial charge in [0, 0.05) is 13.1 Å². The Balaban J connectivity index is 1.97. The van der Waals surface area contributed by atoms with E-state index in [4.69, 9.17) is 4.74 Å². The lowest BCUT2D eigenvalue weighted by Crippen LogP contribution is -2.26. The highest BCUT2D eigenvalue weighted by molar-refractivity contribution is 6.07. The van der Waals surface area contributed by atoms with Gasteiger partial charge in [-0.15, -0.1) is 0 Å². The normalized spacial score (nSPS) is 15.1. The third-order valence-electron chi connectivity index (χ3n) is 4.87. The van der Waals surface area contributed by atoms with E-state index in [1.54, 1.807) is 24.3 Å². The molecule has 1 heterocycles. The second-order valence-electron chi connectivity index (χ2n) is 6.79. The van der Waals surface area contributed by atoms with E-state index < -0.39 is 17.6 Å². The molecule has 0 bridgehead atoms. The predicted octanol–water partition coefficient (Wildman–Crippen LogP) is 5.35. The van der Waals surface area contributed by atoms with Crippen molar-refractivity contribution in [2.24, 2.45) is 0 Å². The first kappa shape index (κ1) is 20.0. The van der Waals surface area contributed by atoms with Gasteiger partial charge in [0.1, 0.15) is 5.75 Å². The molecule has 28 heavy (non-hydrogen) atoms. The maximum atomic E-state index is 13.2. The topological polar surface area (TPSA) is 41.6 Å². The number of carbonyl (C=O) groups excluding carboxylic acids is 1. The molecule has 7 heteroatoms. The maximum absolute atomic E-state index is 13.2. The highest BCUT2D eigenvalue weighted by atomic mass is 19.4. The number of para-hydroxylation sites is 1. The molecule has 0 unspecified atom stereocenters. The van der Waals surface area contributed by atoms with Crippen LogP contribution in [-0.4, -0.2) is 26.1 Å². The molecule has 4 nitrogen and oxygen atoms in total. The number of ether oxygens (including phenoxy) is 1. The molecular weight excluding hydrogens is 369 g/mol. The van der Waals surface area contributed by atoms with E-state index in [1.165, 1.54) is 13.2 Å². The van der Waals surface area contributed by atoms with Gasteiger partial charge in [-0.1, -0.05) is 25.0 Å². The van der Waals surface area contributed by atoms with Crippen LogP contribution in [0.3, 0.4) is 0 Å². The fourth-order valence-electron chi connectivity index (χ4n) is 3.42. The van der Waals surface area contributed by atoms with Gasteiger partial charge in [-0.3, -0.25) is 4.79 Å². The Labute approximate surface area is 162 Å². The van der Waals surface area contributed by atoms with Crippen molar-refractivity contribution in [2.75, 3.05) is 30.4 Å². The predicted molar refractivity (Wildman–Crippen MR) is 103 cm³/mol. The summed E-state index contributed by atoms with van der Waals surface area (Å²) in [6.45, 7) is 1.51. The molecule has 1 aliphatic heterocycles. The highest BCUT2D eigenvalue weighted by Crippen LogP contribution is 2.36. The third kappa shape index (κ3) is 4.58. The summed E-state index contributed by atoms with van der Waals surface area (Å²) in [4.78, 5) is 14.8. The van der Waals surface area contributed by atoms with Crippen molar-refractivity contribution in [1.29, 1.82) is 0 Å². The zero-order valence-corrected chi connectivity index (χ0v) is 15.7. The summed E-state index contributed by atoms with van der Waals surface area (Å²) in [6.07, 6.45) is -0.344. The Kier molecular flexibility index (Phi) is 6.11. The number of hydrogen-bond donors (Lipinski definition) is 1. The minimum absolute atomic E-state index is 0.160. The van der Waals surface area contributed by atoms with Gasteiger partial charge in [-0.2, -0.15) is 13.2 Å². The molecule has 0 aromatic heterocycles. The van der Waals surface area contributed by atoms with Gasteiger partial charge in [-0.05, 0) is 43.2 Å².